The number of carbonyl (C=O) groups is 1. The zero-order valence-electron chi connectivity index (χ0n) is 29.8. The molecule has 3 aromatic rings. The molecule has 16 heteroatoms. The van der Waals surface area contributed by atoms with Crippen molar-refractivity contribution in [3.63, 3.8) is 0 Å². The summed E-state index contributed by atoms with van der Waals surface area (Å²) in [5, 5.41) is 30.6. The highest BCUT2D eigenvalue weighted by atomic mass is 35.5. The number of amides is 1. The number of rotatable bonds is 24. The Kier molecular flexibility index (Phi) is 20.3. The number of nitrogens with one attached hydrogen (secondary N) is 4. The molecule has 0 saturated carbocycles. The lowest BCUT2D eigenvalue weighted by Crippen LogP contribution is -2.27. The molecule has 6 N–H and O–H groups in total. The standard InChI is InChI=1S/C37H49Cl6N4O5P/c1-2-3-4-5-6-7-8-9-10-11-12-13-14-15-16-17-18-44-37(50)52-36-32(42)23-27(24-33(36)43)47-53(51,45-25-19-28(38)34(48)29(39)20-25)46-26-21-30(40)35(49)31(41)22-26/h19-24,48-49H,2-18H2,1H3,(H,44,50)(H3,45,46,47,51). The van der Waals surface area contributed by atoms with Crippen LogP contribution in [0.4, 0.5) is 21.9 Å². The summed E-state index contributed by atoms with van der Waals surface area (Å²) in [6.07, 6.45) is 19.5. The van der Waals surface area contributed by atoms with Gasteiger partial charge in [0, 0.05) is 23.6 Å². The third kappa shape index (κ3) is 16.3. The van der Waals surface area contributed by atoms with Crippen molar-refractivity contribution in [1.29, 1.82) is 0 Å². The molecule has 0 unspecified atom stereocenters. The molecule has 0 atom stereocenters. The van der Waals surface area contributed by atoms with E-state index >= 15 is 0 Å². The Labute approximate surface area is 343 Å². The van der Waals surface area contributed by atoms with Gasteiger partial charge in [-0.25, -0.2) is 4.79 Å². The SMILES string of the molecule is CCCCCCCCCCCCCCCCCCNC(=O)Oc1c(Cl)cc(NP(=O)(Nc2cc(Cl)c(O)c(Cl)c2)Nc2cc(Cl)c(O)c(Cl)c2)cc1Cl. The average Bonchev–Trinajstić information content (AvgIpc) is 3.08. The lowest BCUT2D eigenvalue weighted by atomic mass is 10.0. The molecule has 3 aromatic carbocycles. The van der Waals surface area contributed by atoms with E-state index in [4.69, 9.17) is 74.3 Å². The van der Waals surface area contributed by atoms with Crippen LogP contribution in [0.5, 0.6) is 17.2 Å². The molecule has 0 aliphatic heterocycles. The number of benzene rings is 3. The van der Waals surface area contributed by atoms with Crippen molar-refractivity contribution in [2.24, 2.45) is 0 Å². The number of carbonyl (C=O) groups excluding carboxylic acids is 1. The van der Waals surface area contributed by atoms with Crippen LogP contribution in [0.2, 0.25) is 30.1 Å². The van der Waals surface area contributed by atoms with E-state index < -0.39 is 13.7 Å². The van der Waals surface area contributed by atoms with E-state index in [1.807, 2.05) is 0 Å². The van der Waals surface area contributed by atoms with Crippen molar-refractivity contribution >= 4 is 100 Å². The first kappa shape index (κ1) is 45.3. The Morgan fingerprint density at radius 1 is 0.547 bits per heavy atom. The lowest BCUT2D eigenvalue weighted by molar-refractivity contribution is 0.200. The molecule has 0 spiro atoms. The average molecular weight is 874 g/mol. The predicted octanol–water partition coefficient (Wildman–Crippen LogP) is 15.1. The Bertz CT molecular complexity index is 1550. The van der Waals surface area contributed by atoms with E-state index in [0.29, 0.717) is 6.54 Å². The molecule has 0 bridgehead atoms. The number of halogens is 6. The Balaban J connectivity index is 1.47. The molecular weight excluding hydrogens is 824 g/mol. The molecule has 0 aliphatic carbocycles. The first-order valence-corrected chi connectivity index (χ1v) is 22.0. The van der Waals surface area contributed by atoms with Crippen molar-refractivity contribution in [2.75, 3.05) is 21.8 Å². The largest absolute Gasteiger partial charge is 0.505 e. The minimum Gasteiger partial charge on any atom is -0.505 e. The summed E-state index contributed by atoms with van der Waals surface area (Å²) in [6.45, 7) is 2.70. The summed E-state index contributed by atoms with van der Waals surface area (Å²) in [5.41, 5.74) is 0.488. The second-order valence-corrected chi connectivity index (χ2v) is 17.2. The van der Waals surface area contributed by atoms with E-state index in [0.717, 1.165) is 19.3 Å². The van der Waals surface area contributed by atoms with Gasteiger partial charge in [0.25, 0.3) is 0 Å². The zero-order valence-corrected chi connectivity index (χ0v) is 35.2. The van der Waals surface area contributed by atoms with Crippen LogP contribution in [0.3, 0.4) is 0 Å². The highest BCUT2D eigenvalue weighted by molar-refractivity contribution is 7.68. The van der Waals surface area contributed by atoms with Crippen molar-refractivity contribution in [3.8, 4) is 17.2 Å². The second kappa shape index (κ2) is 23.7. The smallest absolute Gasteiger partial charge is 0.412 e. The molecule has 3 rings (SSSR count). The summed E-state index contributed by atoms with van der Waals surface area (Å²) in [5.74, 6) is -0.779. The van der Waals surface area contributed by atoms with Gasteiger partial charge in [-0.3, -0.25) is 4.57 Å². The Hall–Kier alpha value is -2.10. The third-order valence-corrected chi connectivity index (χ3v) is 11.8. The number of aromatic hydroxyl groups is 2. The Morgan fingerprint density at radius 3 is 1.19 bits per heavy atom. The van der Waals surface area contributed by atoms with E-state index in [1.165, 1.54) is 120 Å². The predicted molar refractivity (Wildman–Crippen MR) is 225 cm³/mol. The van der Waals surface area contributed by atoms with Crippen LogP contribution in [-0.2, 0) is 4.57 Å². The first-order chi connectivity index (χ1) is 25.3. The molecule has 0 aromatic heterocycles. The van der Waals surface area contributed by atoms with E-state index in [1.54, 1.807) is 0 Å². The van der Waals surface area contributed by atoms with Crippen molar-refractivity contribution in [1.82, 2.24) is 5.32 Å². The van der Waals surface area contributed by atoms with Crippen molar-refractivity contribution in [2.45, 2.75) is 110 Å². The summed E-state index contributed by atoms with van der Waals surface area (Å²) < 4.78 is 19.8. The summed E-state index contributed by atoms with van der Waals surface area (Å²) in [7, 11) is -4.00. The fourth-order valence-corrected chi connectivity index (χ4v) is 8.79. The number of hydrogen-bond donors (Lipinski definition) is 6. The topological polar surface area (TPSA) is 132 Å². The van der Waals surface area contributed by atoms with Crippen LogP contribution in [0, 0.1) is 0 Å². The van der Waals surface area contributed by atoms with Gasteiger partial charge in [-0.15, -0.1) is 0 Å². The van der Waals surface area contributed by atoms with Gasteiger partial charge in [-0.05, 0) is 42.8 Å². The maximum absolute atomic E-state index is 14.3. The molecular formula is C37H49Cl6N4O5P. The van der Waals surface area contributed by atoms with Gasteiger partial charge >= 0.3 is 13.7 Å². The highest BCUT2D eigenvalue weighted by Crippen LogP contribution is 2.50. The van der Waals surface area contributed by atoms with Crippen LogP contribution >= 0.6 is 77.2 Å². The summed E-state index contributed by atoms with van der Waals surface area (Å²) in [4.78, 5) is 12.5. The number of phenols is 2. The van der Waals surface area contributed by atoms with Gasteiger partial charge in [0.2, 0.25) is 0 Å². The van der Waals surface area contributed by atoms with Gasteiger partial charge < -0.3 is 35.5 Å². The van der Waals surface area contributed by atoms with Gasteiger partial charge in [0.15, 0.2) is 17.2 Å². The monoisotopic (exact) mass is 870 g/mol. The fraction of sp³-hybridized carbons (Fsp3) is 0.486. The number of phenolic OH excluding ortho intramolecular Hbond substituents is 2. The number of anilines is 3. The molecule has 294 valence electrons. The maximum Gasteiger partial charge on any atom is 0.412 e. The van der Waals surface area contributed by atoms with Crippen LogP contribution in [-0.4, -0.2) is 22.9 Å². The van der Waals surface area contributed by atoms with E-state index in [2.05, 4.69) is 27.5 Å². The Morgan fingerprint density at radius 2 is 0.849 bits per heavy atom. The van der Waals surface area contributed by atoms with Crippen LogP contribution in [0.25, 0.3) is 0 Å². The summed E-state index contributed by atoms with van der Waals surface area (Å²) in [6, 6.07) is 7.98. The number of unbranched alkanes of at least 4 members (excludes halogenated alkanes) is 15. The van der Waals surface area contributed by atoms with Gasteiger partial charge in [0.05, 0.1) is 30.1 Å². The number of ether oxygens (including phenoxy) is 1. The molecule has 9 nitrogen and oxygen atoms in total. The van der Waals surface area contributed by atoms with E-state index in [-0.39, 0.29) is 64.4 Å². The highest BCUT2D eigenvalue weighted by Gasteiger charge is 2.26. The molecule has 0 aliphatic rings. The van der Waals surface area contributed by atoms with E-state index in [9.17, 15) is 19.6 Å². The molecule has 53 heavy (non-hydrogen) atoms. The molecule has 1 amide bonds. The van der Waals surface area contributed by atoms with Crippen LogP contribution in [0.1, 0.15) is 110 Å². The van der Waals surface area contributed by atoms with Crippen molar-refractivity contribution in [3.05, 3.63) is 66.5 Å². The minimum atomic E-state index is -4.00. The maximum atomic E-state index is 14.3. The van der Waals surface area contributed by atoms with Crippen LogP contribution in [0.15, 0.2) is 36.4 Å². The minimum absolute atomic E-state index is 0.0319. The molecule has 0 saturated heterocycles. The lowest BCUT2D eigenvalue weighted by Gasteiger charge is -2.25. The normalized spacial score (nSPS) is 11.4. The zero-order chi connectivity index (χ0) is 38.8. The quantitative estimate of drug-likeness (QED) is 0.0298. The number of hydrogen-bond acceptors (Lipinski definition) is 5. The van der Waals surface area contributed by atoms with Gasteiger partial charge in [0.1, 0.15) is 0 Å². The van der Waals surface area contributed by atoms with Gasteiger partial charge in [-0.2, -0.15) is 0 Å². The fourth-order valence-electron chi connectivity index (χ4n) is 5.60. The summed E-state index contributed by atoms with van der Waals surface area (Å²) >= 11 is 37.3. The molecule has 0 fully saturated rings. The first-order valence-electron chi connectivity index (χ1n) is 18.1. The molecule has 0 heterocycles. The van der Waals surface area contributed by atoms with Crippen molar-refractivity contribution < 1.29 is 24.3 Å². The van der Waals surface area contributed by atoms with Crippen LogP contribution < -0.4 is 25.3 Å². The van der Waals surface area contributed by atoms with Gasteiger partial charge in [-0.1, -0.05) is 173 Å². The third-order valence-electron chi connectivity index (χ3n) is 8.39. The second-order valence-electron chi connectivity index (χ2n) is 12.9. The molecule has 0 radical (unpaired) electrons.